The minimum Gasteiger partial charge on any atom is -0.343 e. The SMILES string of the molecule is Cn1cncc1C(=O)NC(C)(CCl)CCl. The fraction of sp³-hybridized carbons (Fsp3) is 0.556. The summed E-state index contributed by atoms with van der Waals surface area (Å²) in [5, 5.41) is 2.77. The maximum atomic E-state index is 11.8. The lowest BCUT2D eigenvalue weighted by atomic mass is 10.1. The van der Waals surface area contributed by atoms with Gasteiger partial charge in [0.05, 0.1) is 18.1 Å². The molecule has 1 amide bonds. The fourth-order valence-corrected chi connectivity index (χ4v) is 1.44. The Morgan fingerprint density at radius 3 is 2.60 bits per heavy atom. The van der Waals surface area contributed by atoms with E-state index in [1.165, 1.54) is 6.20 Å². The van der Waals surface area contributed by atoms with Crippen LogP contribution in [0.5, 0.6) is 0 Å². The predicted octanol–water partition coefficient (Wildman–Crippen LogP) is 1.39. The van der Waals surface area contributed by atoms with Crippen molar-refractivity contribution in [2.75, 3.05) is 11.8 Å². The summed E-state index contributed by atoms with van der Waals surface area (Å²) in [7, 11) is 1.75. The smallest absolute Gasteiger partial charge is 0.270 e. The molecular formula is C9H13Cl2N3O. The van der Waals surface area contributed by atoms with Gasteiger partial charge in [0.1, 0.15) is 5.69 Å². The Morgan fingerprint density at radius 1 is 1.60 bits per heavy atom. The Morgan fingerprint density at radius 2 is 2.20 bits per heavy atom. The molecule has 0 radical (unpaired) electrons. The monoisotopic (exact) mass is 249 g/mol. The highest BCUT2D eigenvalue weighted by Crippen LogP contribution is 2.10. The molecule has 0 spiro atoms. The summed E-state index contributed by atoms with van der Waals surface area (Å²) in [6, 6.07) is 0. The van der Waals surface area contributed by atoms with Crippen molar-refractivity contribution in [3.63, 3.8) is 0 Å². The third kappa shape index (κ3) is 2.86. The Hall–Kier alpha value is -0.740. The Bertz CT molecular complexity index is 347. The van der Waals surface area contributed by atoms with Gasteiger partial charge in [0.2, 0.25) is 0 Å². The van der Waals surface area contributed by atoms with Gasteiger partial charge in [-0.1, -0.05) is 0 Å². The minimum atomic E-state index is -0.593. The highest BCUT2D eigenvalue weighted by molar-refractivity contribution is 6.22. The second-order valence-corrected chi connectivity index (χ2v) is 4.21. The van der Waals surface area contributed by atoms with Crippen molar-refractivity contribution in [3.05, 3.63) is 18.2 Å². The number of halogens is 2. The van der Waals surface area contributed by atoms with E-state index in [0.717, 1.165) is 0 Å². The number of hydrogen-bond acceptors (Lipinski definition) is 2. The zero-order chi connectivity index (χ0) is 11.5. The van der Waals surface area contributed by atoms with E-state index >= 15 is 0 Å². The molecular weight excluding hydrogens is 237 g/mol. The zero-order valence-corrected chi connectivity index (χ0v) is 10.1. The van der Waals surface area contributed by atoms with E-state index in [1.807, 2.05) is 0 Å². The van der Waals surface area contributed by atoms with E-state index in [4.69, 9.17) is 23.2 Å². The third-order valence-electron chi connectivity index (χ3n) is 2.05. The van der Waals surface area contributed by atoms with Crippen molar-refractivity contribution in [1.82, 2.24) is 14.9 Å². The number of hydrogen-bond donors (Lipinski definition) is 1. The summed E-state index contributed by atoms with van der Waals surface area (Å²) in [5.74, 6) is 0.305. The molecule has 0 aromatic carbocycles. The molecule has 0 aliphatic heterocycles. The van der Waals surface area contributed by atoms with Crippen molar-refractivity contribution in [2.24, 2.45) is 7.05 Å². The van der Waals surface area contributed by atoms with Gasteiger partial charge in [0, 0.05) is 18.8 Å². The zero-order valence-electron chi connectivity index (χ0n) is 8.63. The number of imidazole rings is 1. The number of carbonyl (C=O) groups excluding carboxylic acids is 1. The highest BCUT2D eigenvalue weighted by Gasteiger charge is 2.25. The number of rotatable bonds is 4. The molecule has 1 N–H and O–H groups in total. The summed E-state index contributed by atoms with van der Waals surface area (Å²) >= 11 is 11.5. The van der Waals surface area contributed by atoms with Gasteiger partial charge in [-0.05, 0) is 6.92 Å². The van der Waals surface area contributed by atoms with Gasteiger partial charge in [-0.15, -0.1) is 23.2 Å². The van der Waals surface area contributed by atoms with Gasteiger partial charge in [-0.2, -0.15) is 0 Å². The largest absolute Gasteiger partial charge is 0.343 e. The Kier molecular flexibility index (Phi) is 3.99. The molecule has 6 heteroatoms. The van der Waals surface area contributed by atoms with Gasteiger partial charge in [0.15, 0.2) is 0 Å². The maximum absolute atomic E-state index is 11.8. The number of alkyl halides is 2. The van der Waals surface area contributed by atoms with Crippen LogP contribution < -0.4 is 5.32 Å². The molecule has 0 aliphatic carbocycles. The number of aryl methyl sites for hydroxylation is 1. The molecule has 15 heavy (non-hydrogen) atoms. The first-order valence-corrected chi connectivity index (χ1v) is 5.50. The molecule has 4 nitrogen and oxygen atoms in total. The van der Waals surface area contributed by atoms with Gasteiger partial charge in [0.25, 0.3) is 5.91 Å². The average molecular weight is 250 g/mol. The van der Waals surface area contributed by atoms with Gasteiger partial charge < -0.3 is 9.88 Å². The Labute approximate surface area is 98.6 Å². The topological polar surface area (TPSA) is 46.9 Å². The lowest BCUT2D eigenvalue weighted by Crippen LogP contribution is -2.49. The van der Waals surface area contributed by atoms with Crippen molar-refractivity contribution >= 4 is 29.1 Å². The first-order chi connectivity index (χ1) is 7.02. The van der Waals surface area contributed by atoms with Crippen LogP contribution >= 0.6 is 23.2 Å². The first-order valence-electron chi connectivity index (χ1n) is 4.43. The molecule has 0 bridgehead atoms. The summed E-state index contributed by atoms with van der Waals surface area (Å²) in [6.07, 6.45) is 3.06. The van der Waals surface area contributed by atoms with E-state index in [0.29, 0.717) is 5.69 Å². The van der Waals surface area contributed by atoms with E-state index in [-0.39, 0.29) is 17.7 Å². The average Bonchev–Trinajstić information content (AvgIpc) is 2.64. The van der Waals surface area contributed by atoms with E-state index < -0.39 is 5.54 Å². The van der Waals surface area contributed by atoms with Crippen LogP contribution in [-0.2, 0) is 7.05 Å². The molecule has 0 aliphatic rings. The van der Waals surface area contributed by atoms with Crippen molar-refractivity contribution in [2.45, 2.75) is 12.5 Å². The molecule has 1 aromatic heterocycles. The number of amides is 1. The Balaban J connectivity index is 2.76. The number of carbonyl (C=O) groups is 1. The second kappa shape index (κ2) is 4.86. The lowest BCUT2D eigenvalue weighted by molar-refractivity contribution is 0.0913. The number of nitrogens with zero attached hydrogens (tertiary/aromatic N) is 2. The summed E-state index contributed by atoms with van der Waals surface area (Å²) in [4.78, 5) is 15.6. The van der Waals surface area contributed by atoms with Crippen LogP contribution in [0.2, 0.25) is 0 Å². The van der Waals surface area contributed by atoms with Crippen molar-refractivity contribution in [3.8, 4) is 0 Å². The first kappa shape index (κ1) is 12.3. The summed E-state index contributed by atoms with van der Waals surface area (Å²) in [6.45, 7) is 1.79. The lowest BCUT2D eigenvalue weighted by Gasteiger charge is -2.25. The molecule has 1 heterocycles. The van der Waals surface area contributed by atoms with E-state index in [2.05, 4.69) is 10.3 Å². The van der Waals surface area contributed by atoms with Gasteiger partial charge in [-0.3, -0.25) is 4.79 Å². The molecule has 0 saturated heterocycles. The quantitative estimate of drug-likeness (QED) is 0.821. The molecule has 1 rings (SSSR count). The van der Waals surface area contributed by atoms with E-state index in [9.17, 15) is 4.79 Å². The predicted molar refractivity (Wildman–Crippen MR) is 60.5 cm³/mol. The molecule has 0 fully saturated rings. The van der Waals surface area contributed by atoms with Gasteiger partial charge in [-0.25, -0.2) is 4.98 Å². The second-order valence-electron chi connectivity index (χ2n) is 3.67. The van der Waals surface area contributed by atoms with Crippen molar-refractivity contribution < 1.29 is 4.79 Å². The molecule has 0 unspecified atom stereocenters. The molecule has 0 saturated carbocycles. The maximum Gasteiger partial charge on any atom is 0.270 e. The number of nitrogens with one attached hydrogen (secondary N) is 1. The summed E-state index contributed by atoms with van der Waals surface area (Å²) < 4.78 is 1.64. The van der Waals surface area contributed by atoms with Gasteiger partial charge >= 0.3 is 0 Å². The van der Waals surface area contributed by atoms with Crippen LogP contribution in [0.25, 0.3) is 0 Å². The fourth-order valence-electron chi connectivity index (χ4n) is 1.02. The van der Waals surface area contributed by atoms with E-state index in [1.54, 1.807) is 24.9 Å². The van der Waals surface area contributed by atoms with Crippen molar-refractivity contribution in [1.29, 1.82) is 0 Å². The summed E-state index contributed by atoms with van der Waals surface area (Å²) in [5.41, 5.74) is -0.110. The van der Waals surface area contributed by atoms with Crippen LogP contribution in [0.15, 0.2) is 12.5 Å². The number of aromatic nitrogens is 2. The molecule has 0 atom stereocenters. The van der Waals surface area contributed by atoms with Crippen LogP contribution in [0, 0.1) is 0 Å². The third-order valence-corrected chi connectivity index (χ3v) is 3.23. The van der Waals surface area contributed by atoms with Crippen LogP contribution in [-0.4, -0.2) is 32.8 Å². The molecule has 1 aromatic rings. The molecule has 84 valence electrons. The van der Waals surface area contributed by atoms with Crippen LogP contribution in [0.1, 0.15) is 17.4 Å². The minimum absolute atomic E-state index is 0.223. The van der Waals surface area contributed by atoms with Crippen LogP contribution in [0.3, 0.4) is 0 Å². The van der Waals surface area contributed by atoms with Crippen LogP contribution in [0.4, 0.5) is 0 Å². The highest BCUT2D eigenvalue weighted by atomic mass is 35.5. The standard InChI is InChI=1S/C9H13Cl2N3O/c1-9(4-10,5-11)13-8(15)7-3-12-6-14(7)2/h3,6H,4-5H2,1-2H3,(H,13,15). The normalized spacial score (nSPS) is 11.5.